The van der Waals surface area contributed by atoms with E-state index in [1.165, 1.54) is 37.9 Å². The molecule has 0 aliphatic carbocycles. The van der Waals surface area contributed by atoms with Crippen molar-refractivity contribution in [3.63, 3.8) is 0 Å². The van der Waals surface area contributed by atoms with Gasteiger partial charge in [0.1, 0.15) is 12.4 Å². The van der Waals surface area contributed by atoms with Gasteiger partial charge in [0.05, 0.1) is 6.04 Å². The van der Waals surface area contributed by atoms with E-state index in [-0.39, 0.29) is 0 Å². The van der Waals surface area contributed by atoms with Gasteiger partial charge < -0.3 is 10.5 Å². The Morgan fingerprint density at radius 2 is 1.84 bits per heavy atom. The molecular weight excluding hydrogens is 236 g/mol. The third-order valence-corrected chi connectivity index (χ3v) is 3.95. The summed E-state index contributed by atoms with van der Waals surface area (Å²) in [5.41, 5.74) is 7.24. The molecule has 2 N–H and O–H groups in total. The van der Waals surface area contributed by atoms with Crippen LogP contribution >= 0.6 is 0 Å². The summed E-state index contributed by atoms with van der Waals surface area (Å²) in [5, 5.41) is 0. The molecule has 106 valence electrons. The van der Waals surface area contributed by atoms with Gasteiger partial charge in [-0.1, -0.05) is 25.5 Å². The smallest absolute Gasteiger partial charge is 0.119 e. The molecule has 1 aliphatic heterocycles. The zero-order valence-corrected chi connectivity index (χ0v) is 12.0. The van der Waals surface area contributed by atoms with Crippen molar-refractivity contribution in [2.45, 2.75) is 38.6 Å². The molecular formula is C16H26N2O. The molecule has 1 fully saturated rings. The standard InChI is InChI=1S/C16H26N2O/c1-2-14-6-8-16(9-7-14)19-13-15(12-17)18-10-4-3-5-11-18/h6-9,15H,2-5,10-13,17H2,1H3. The topological polar surface area (TPSA) is 38.5 Å². The highest BCUT2D eigenvalue weighted by molar-refractivity contribution is 5.27. The maximum absolute atomic E-state index is 5.89. The van der Waals surface area contributed by atoms with E-state index in [1.807, 2.05) is 0 Å². The zero-order valence-electron chi connectivity index (χ0n) is 12.0. The first kappa shape index (κ1) is 14.4. The molecule has 2 rings (SSSR count). The highest BCUT2D eigenvalue weighted by Crippen LogP contribution is 2.15. The number of aryl methyl sites for hydroxylation is 1. The molecule has 0 aromatic heterocycles. The Balaban J connectivity index is 1.84. The van der Waals surface area contributed by atoms with E-state index in [4.69, 9.17) is 10.5 Å². The first-order valence-corrected chi connectivity index (χ1v) is 7.49. The molecule has 3 nitrogen and oxygen atoms in total. The SMILES string of the molecule is CCc1ccc(OCC(CN)N2CCCCC2)cc1. The number of benzene rings is 1. The lowest BCUT2D eigenvalue weighted by atomic mass is 10.1. The summed E-state index contributed by atoms with van der Waals surface area (Å²) in [5.74, 6) is 0.952. The van der Waals surface area contributed by atoms with Gasteiger partial charge in [0.2, 0.25) is 0 Å². The van der Waals surface area contributed by atoms with Crippen molar-refractivity contribution in [3.8, 4) is 5.75 Å². The molecule has 0 radical (unpaired) electrons. The highest BCUT2D eigenvalue weighted by Gasteiger charge is 2.19. The van der Waals surface area contributed by atoms with Crippen LogP contribution in [0.2, 0.25) is 0 Å². The largest absolute Gasteiger partial charge is 0.492 e. The number of nitrogens with two attached hydrogens (primary N) is 1. The fourth-order valence-corrected chi connectivity index (χ4v) is 2.62. The van der Waals surface area contributed by atoms with Gasteiger partial charge in [0.15, 0.2) is 0 Å². The van der Waals surface area contributed by atoms with Crippen LogP contribution in [-0.4, -0.2) is 37.2 Å². The first-order chi connectivity index (χ1) is 9.33. The van der Waals surface area contributed by atoms with Crippen molar-refractivity contribution < 1.29 is 4.74 Å². The van der Waals surface area contributed by atoms with Gasteiger partial charge in [0, 0.05) is 6.54 Å². The van der Waals surface area contributed by atoms with Crippen LogP contribution in [-0.2, 0) is 6.42 Å². The molecule has 1 aliphatic rings. The minimum Gasteiger partial charge on any atom is -0.492 e. The molecule has 3 heteroatoms. The summed E-state index contributed by atoms with van der Waals surface area (Å²) in [4.78, 5) is 2.48. The normalized spacial score (nSPS) is 18.2. The molecule has 1 aromatic rings. The van der Waals surface area contributed by atoms with Crippen LogP contribution in [0.3, 0.4) is 0 Å². The molecule has 0 bridgehead atoms. The van der Waals surface area contributed by atoms with E-state index in [2.05, 4.69) is 36.1 Å². The molecule has 0 amide bonds. The quantitative estimate of drug-likeness (QED) is 0.856. The minimum atomic E-state index is 0.353. The average Bonchev–Trinajstić information content (AvgIpc) is 2.49. The lowest BCUT2D eigenvalue weighted by Crippen LogP contribution is -2.46. The Labute approximate surface area is 116 Å². The lowest BCUT2D eigenvalue weighted by molar-refractivity contribution is 0.118. The molecule has 1 unspecified atom stereocenters. The van der Waals surface area contributed by atoms with Crippen LogP contribution in [0.4, 0.5) is 0 Å². The molecule has 1 saturated heterocycles. The minimum absolute atomic E-state index is 0.353. The second-order valence-corrected chi connectivity index (χ2v) is 5.29. The van der Waals surface area contributed by atoms with E-state index in [9.17, 15) is 0 Å². The van der Waals surface area contributed by atoms with Crippen molar-refractivity contribution in [1.29, 1.82) is 0 Å². The first-order valence-electron chi connectivity index (χ1n) is 7.49. The van der Waals surface area contributed by atoms with E-state index in [0.717, 1.165) is 12.2 Å². The molecule has 1 aromatic carbocycles. The molecule has 0 saturated carbocycles. The summed E-state index contributed by atoms with van der Waals surface area (Å²) in [6.45, 7) is 5.87. The summed E-state index contributed by atoms with van der Waals surface area (Å²) in [7, 11) is 0. The summed E-state index contributed by atoms with van der Waals surface area (Å²) in [6, 6.07) is 8.73. The predicted molar refractivity (Wildman–Crippen MR) is 79.6 cm³/mol. The van der Waals surface area contributed by atoms with Gasteiger partial charge in [-0.05, 0) is 50.0 Å². The third kappa shape index (κ3) is 4.22. The predicted octanol–water partition coefficient (Wildman–Crippen LogP) is 2.44. The van der Waals surface area contributed by atoms with Gasteiger partial charge >= 0.3 is 0 Å². The van der Waals surface area contributed by atoms with Crippen LogP contribution in [0, 0.1) is 0 Å². The van der Waals surface area contributed by atoms with Gasteiger partial charge in [0.25, 0.3) is 0 Å². The Kier molecular flexibility index (Phi) is 5.67. The second kappa shape index (κ2) is 7.51. The van der Waals surface area contributed by atoms with E-state index < -0.39 is 0 Å². The Morgan fingerprint density at radius 3 is 2.42 bits per heavy atom. The molecule has 1 atom stereocenters. The number of likely N-dealkylation sites (tertiary alicyclic amines) is 1. The van der Waals surface area contributed by atoms with Crippen molar-refractivity contribution in [3.05, 3.63) is 29.8 Å². The Morgan fingerprint density at radius 1 is 1.16 bits per heavy atom. The Bertz CT molecular complexity index is 358. The number of ether oxygens (including phenoxy) is 1. The van der Waals surface area contributed by atoms with Crippen LogP contribution < -0.4 is 10.5 Å². The van der Waals surface area contributed by atoms with Gasteiger partial charge in [-0.2, -0.15) is 0 Å². The second-order valence-electron chi connectivity index (χ2n) is 5.29. The number of hydrogen-bond donors (Lipinski definition) is 1. The number of nitrogens with zero attached hydrogens (tertiary/aromatic N) is 1. The molecule has 1 heterocycles. The Hall–Kier alpha value is -1.06. The van der Waals surface area contributed by atoms with Crippen LogP contribution in [0.1, 0.15) is 31.7 Å². The van der Waals surface area contributed by atoms with Crippen LogP contribution in [0.25, 0.3) is 0 Å². The summed E-state index contributed by atoms with van der Waals surface area (Å²) < 4.78 is 5.89. The summed E-state index contributed by atoms with van der Waals surface area (Å²) in [6.07, 6.45) is 5.01. The summed E-state index contributed by atoms with van der Waals surface area (Å²) >= 11 is 0. The van der Waals surface area contributed by atoms with Crippen molar-refractivity contribution in [1.82, 2.24) is 4.90 Å². The van der Waals surface area contributed by atoms with Gasteiger partial charge in [-0.15, -0.1) is 0 Å². The van der Waals surface area contributed by atoms with Gasteiger partial charge in [-0.3, -0.25) is 4.90 Å². The lowest BCUT2D eigenvalue weighted by Gasteiger charge is -2.33. The van der Waals surface area contributed by atoms with E-state index >= 15 is 0 Å². The molecule has 0 spiro atoms. The zero-order chi connectivity index (χ0) is 13.5. The fraction of sp³-hybridized carbons (Fsp3) is 0.625. The third-order valence-electron chi connectivity index (χ3n) is 3.95. The highest BCUT2D eigenvalue weighted by atomic mass is 16.5. The van der Waals surface area contributed by atoms with Crippen LogP contribution in [0.15, 0.2) is 24.3 Å². The molecule has 19 heavy (non-hydrogen) atoms. The van der Waals surface area contributed by atoms with Crippen molar-refractivity contribution in [2.75, 3.05) is 26.2 Å². The number of rotatable bonds is 6. The maximum Gasteiger partial charge on any atom is 0.119 e. The number of hydrogen-bond acceptors (Lipinski definition) is 3. The fourth-order valence-electron chi connectivity index (χ4n) is 2.62. The average molecular weight is 262 g/mol. The van der Waals surface area contributed by atoms with Crippen LogP contribution in [0.5, 0.6) is 5.75 Å². The monoisotopic (exact) mass is 262 g/mol. The van der Waals surface area contributed by atoms with Crippen molar-refractivity contribution >= 4 is 0 Å². The maximum atomic E-state index is 5.89. The van der Waals surface area contributed by atoms with E-state index in [1.54, 1.807) is 0 Å². The van der Waals surface area contributed by atoms with E-state index in [0.29, 0.717) is 19.2 Å². The van der Waals surface area contributed by atoms with Gasteiger partial charge in [-0.25, -0.2) is 0 Å². The number of piperidine rings is 1. The van der Waals surface area contributed by atoms with Crippen molar-refractivity contribution in [2.24, 2.45) is 5.73 Å².